The summed E-state index contributed by atoms with van der Waals surface area (Å²) >= 11 is 3.47. The normalized spacial score (nSPS) is 10.6. The minimum absolute atomic E-state index is 0.177. The van der Waals surface area contributed by atoms with Crippen molar-refractivity contribution in [3.8, 4) is 0 Å². The fourth-order valence-corrected chi connectivity index (χ4v) is 2.52. The van der Waals surface area contributed by atoms with Gasteiger partial charge in [0.1, 0.15) is 0 Å². The van der Waals surface area contributed by atoms with Gasteiger partial charge in [0, 0.05) is 28.5 Å². The van der Waals surface area contributed by atoms with E-state index in [2.05, 4.69) is 31.4 Å². The highest BCUT2D eigenvalue weighted by Crippen LogP contribution is 2.26. The van der Waals surface area contributed by atoms with E-state index in [1.54, 1.807) is 14.0 Å². The molecule has 0 unspecified atom stereocenters. The van der Waals surface area contributed by atoms with Gasteiger partial charge in [0.25, 0.3) is 5.91 Å². The number of hydrogen-bond donors (Lipinski definition) is 2. The Bertz CT molecular complexity index is 618. The minimum Gasteiger partial charge on any atom is -0.380 e. The van der Waals surface area contributed by atoms with Gasteiger partial charge < -0.3 is 10.1 Å². The Morgan fingerprint density at radius 1 is 1.45 bits per heavy atom. The summed E-state index contributed by atoms with van der Waals surface area (Å²) in [6.45, 7) is 4.04. The topological polar surface area (TPSA) is 67.0 Å². The summed E-state index contributed by atoms with van der Waals surface area (Å²) in [4.78, 5) is 12.4. The van der Waals surface area contributed by atoms with E-state index in [0.717, 1.165) is 21.4 Å². The monoisotopic (exact) mass is 337 g/mol. The van der Waals surface area contributed by atoms with Crippen molar-refractivity contribution in [1.29, 1.82) is 0 Å². The largest absolute Gasteiger partial charge is 0.380 e. The zero-order valence-electron chi connectivity index (χ0n) is 11.6. The summed E-state index contributed by atoms with van der Waals surface area (Å²) in [5.74, 6) is -0.177. The molecule has 1 aromatic carbocycles. The molecule has 2 rings (SSSR count). The smallest absolute Gasteiger partial charge is 0.259 e. The van der Waals surface area contributed by atoms with Crippen LogP contribution >= 0.6 is 15.9 Å². The number of ether oxygens (including phenoxy) is 1. The number of amides is 1. The van der Waals surface area contributed by atoms with Crippen LogP contribution in [0.25, 0.3) is 0 Å². The quantitative estimate of drug-likeness (QED) is 0.900. The highest BCUT2D eigenvalue weighted by Gasteiger charge is 2.17. The van der Waals surface area contributed by atoms with Crippen molar-refractivity contribution in [1.82, 2.24) is 10.2 Å². The SMILES string of the molecule is COCc1c(Br)cccc1NC(=O)c1c(C)n[nH]c1C. The van der Waals surface area contributed by atoms with Crippen LogP contribution in [0.15, 0.2) is 22.7 Å². The van der Waals surface area contributed by atoms with Gasteiger partial charge in [-0.2, -0.15) is 5.10 Å². The molecule has 0 bridgehead atoms. The summed E-state index contributed by atoms with van der Waals surface area (Å²) in [7, 11) is 1.62. The number of nitrogens with one attached hydrogen (secondary N) is 2. The van der Waals surface area contributed by atoms with Gasteiger partial charge in [-0.1, -0.05) is 22.0 Å². The molecular weight excluding hydrogens is 322 g/mol. The lowest BCUT2D eigenvalue weighted by molar-refractivity contribution is 0.102. The number of H-pyrrole nitrogens is 1. The first-order valence-electron chi connectivity index (χ1n) is 6.13. The Hall–Kier alpha value is -1.66. The maximum Gasteiger partial charge on any atom is 0.259 e. The number of aromatic nitrogens is 2. The van der Waals surface area contributed by atoms with Gasteiger partial charge in [-0.25, -0.2) is 0 Å². The number of halogens is 1. The number of benzene rings is 1. The van der Waals surface area contributed by atoms with Crippen molar-refractivity contribution in [3.05, 3.63) is 45.2 Å². The first-order chi connectivity index (χ1) is 9.54. The first kappa shape index (κ1) is 14.7. The maximum absolute atomic E-state index is 12.4. The lowest BCUT2D eigenvalue weighted by Gasteiger charge is -2.12. The number of rotatable bonds is 4. The Labute approximate surface area is 125 Å². The molecule has 0 aliphatic heterocycles. The second-order valence-corrected chi connectivity index (χ2v) is 5.32. The molecule has 0 atom stereocenters. The zero-order chi connectivity index (χ0) is 14.7. The van der Waals surface area contributed by atoms with E-state index in [0.29, 0.717) is 17.9 Å². The van der Waals surface area contributed by atoms with E-state index in [1.807, 2.05) is 25.1 Å². The number of aryl methyl sites for hydroxylation is 2. The Kier molecular flexibility index (Phi) is 4.57. The van der Waals surface area contributed by atoms with Gasteiger partial charge in [-0.15, -0.1) is 0 Å². The molecule has 1 aromatic heterocycles. The molecule has 2 aromatic rings. The van der Waals surface area contributed by atoms with E-state index in [4.69, 9.17) is 4.74 Å². The fraction of sp³-hybridized carbons (Fsp3) is 0.286. The van der Waals surface area contributed by atoms with E-state index < -0.39 is 0 Å². The molecule has 1 heterocycles. The van der Waals surface area contributed by atoms with Gasteiger partial charge in [0.2, 0.25) is 0 Å². The molecule has 5 nitrogen and oxygen atoms in total. The van der Waals surface area contributed by atoms with Crippen molar-refractivity contribution in [3.63, 3.8) is 0 Å². The van der Waals surface area contributed by atoms with E-state index >= 15 is 0 Å². The number of anilines is 1. The molecule has 106 valence electrons. The van der Waals surface area contributed by atoms with Gasteiger partial charge in [-0.05, 0) is 26.0 Å². The van der Waals surface area contributed by atoms with Crippen LogP contribution in [-0.4, -0.2) is 23.2 Å². The number of nitrogens with zero attached hydrogens (tertiary/aromatic N) is 1. The number of hydrogen-bond acceptors (Lipinski definition) is 3. The van der Waals surface area contributed by atoms with Gasteiger partial charge in [0.15, 0.2) is 0 Å². The highest BCUT2D eigenvalue weighted by molar-refractivity contribution is 9.10. The van der Waals surface area contributed by atoms with Gasteiger partial charge in [0.05, 0.1) is 17.9 Å². The van der Waals surface area contributed by atoms with Crippen LogP contribution in [0, 0.1) is 13.8 Å². The van der Waals surface area contributed by atoms with Crippen LogP contribution in [0.3, 0.4) is 0 Å². The summed E-state index contributed by atoms with van der Waals surface area (Å²) < 4.78 is 6.07. The second kappa shape index (κ2) is 6.19. The highest BCUT2D eigenvalue weighted by atomic mass is 79.9. The Balaban J connectivity index is 2.31. The number of carbonyl (C=O) groups is 1. The molecular formula is C14H16BrN3O2. The van der Waals surface area contributed by atoms with Gasteiger partial charge >= 0.3 is 0 Å². The van der Waals surface area contributed by atoms with E-state index in [-0.39, 0.29) is 5.91 Å². The molecule has 0 spiro atoms. The standard InChI is InChI=1S/C14H16BrN3O2/c1-8-13(9(2)18-17-8)14(19)16-12-6-4-5-11(15)10(12)7-20-3/h4-6H,7H2,1-3H3,(H,16,19)(H,17,18). The van der Waals surface area contributed by atoms with Crippen LogP contribution < -0.4 is 5.32 Å². The van der Waals surface area contributed by atoms with Crippen molar-refractivity contribution in [2.45, 2.75) is 20.5 Å². The van der Waals surface area contributed by atoms with Crippen LogP contribution in [-0.2, 0) is 11.3 Å². The van der Waals surface area contributed by atoms with E-state index in [1.165, 1.54) is 0 Å². The molecule has 0 aliphatic carbocycles. The molecule has 2 N–H and O–H groups in total. The minimum atomic E-state index is -0.177. The summed E-state index contributed by atoms with van der Waals surface area (Å²) in [6, 6.07) is 5.63. The number of methoxy groups -OCH3 is 1. The maximum atomic E-state index is 12.4. The summed E-state index contributed by atoms with van der Waals surface area (Å²) in [6.07, 6.45) is 0. The van der Waals surface area contributed by atoms with Crippen molar-refractivity contribution < 1.29 is 9.53 Å². The van der Waals surface area contributed by atoms with Crippen LogP contribution in [0.5, 0.6) is 0 Å². The predicted molar refractivity (Wildman–Crippen MR) is 80.9 cm³/mol. The van der Waals surface area contributed by atoms with Gasteiger partial charge in [-0.3, -0.25) is 9.89 Å². The van der Waals surface area contributed by atoms with E-state index in [9.17, 15) is 4.79 Å². The summed E-state index contributed by atoms with van der Waals surface area (Å²) in [5.41, 5.74) is 3.65. The molecule has 6 heteroatoms. The number of carbonyl (C=O) groups excluding carboxylic acids is 1. The summed E-state index contributed by atoms with van der Waals surface area (Å²) in [5, 5.41) is 9.76. The van der Waals surface area contributed by atoms with Crippen LogP contribution in [0.2, 0.25) is 0 Å². The first-order valence-corrected chi connectivity index (χ1v) is 6.93. The van der Waals surface area contributed by atoms with Crippen LogP contribution in [0.1, 0.15) is 27.3 Å². The fourth-order valence-electron chi connectivity index (χ4n) is 2.04. The average Bonchev–Trinajstić information content (AvgIpc) is 2.73. The van der Waals surface area contributed by atoms with Crippen molar-refractivity contribution in [2.75, 3.05) is 12.4 Å². The third-order valence-corrected chi connectivity index (χ3v) is 3.75. The Morgan fingerprint density at radius 3 is 2.80 bits per heavy atom. The third-order valence-electron chi connectivity index (χ3n) is 3.01. The Morgan fingerprint density at radius 2 is 2.20 bits per heavy atom. The molecule has 0 saturated heterocycles. The molecule has 0 saturated carbocycles. The molecule has 20 heavy (non-hydrogen) atoms. The zero-order valence-corrected chi connectivity index (χ0v) is 13.2. The van der Waals surface area contributed by atoms with Crippen molar-refractivity contribution >= 4 is 27.5 Å². The van der Waals surface area contributed by atoms with Crippen molar-refractivity contribution in [2.24, 2.45) is 0 Å². The molecule has 1 amide bonds. The average molecular weight is 338 g/mol. The number of aromatic amines is 1. The second-order valence-electron chi connectivity index (χ2n) is 4.46. The predicted octanol–water partition coefficient (Wildman–Crippen LogP) is 3.19. The molecule has 0 aliphatic rings. The molecule has 0 radical (unpaired) electrons. The lowest BCUT2D eigenvalue weighted by atomic mass is 10.1. The molecule has 0 fully saturated rings. The third kappa shape index (κ3) is 2.91. The van der Waals surface area contributed by atoms with Crippen LogP contribution in [0.4, 0.5) is 5.69 Å². The lowest BCUT2D eigenvalue weighted by Crippen LogP contribution is -2.15.